The Morgan fingerprint density at radius 1 is 1.47 bits per heavy atom. The average Bonchev–Trinajstić information content (AvgIpc) is 2.81. The zero-order valence-corrected chi connectivity index (χ0v) is 11.8. The van der Waals surface area contributed by atoms with Gasteiger partial charge in [0.05, 0.1) is 0 Å². The molecule has 1 aromatic carbocycles. The Kier molecular flexibility index (Phi) is 4.50. The first kappa shape index (κ1) is 14.0. The molecule has 102 valence electrons. The van der Waals surface area contributed by atoms with Crippen molar-refractivity contribution in [1.82, 2.24) is 5.32 Å². The van der Waals surface area contributed by atoms with E-state index in [0.29, 0.717) is 10.8 Å². The number of furan rings is 1. The number of thioether (sulfide) groups is 1. The summed E-state index contributed by atoms with van der Waals surface area (Å²) in [6.45, 7) is 3.90. The molecule has 0 aliphatic rings. The second-order valence-electron chi connectivity index (χ2n) is 4.47. The molecule has 0 aliphatic carbocycles. The van der Waals surface area contributed by atoms with Gasteiger partial charge in [-0.15, -0.1) is 0 Å². The largest absolute Gasteiger partial charge is 0.475 e. The van der Waals surface area contributed by atoms with E-state index >= 15 is 0 Å². The summed E-state index contributed by atoms with van der Waals surface area (Å²) in [7, 11) is 0. The highest BCUT2D eigenvalue weighted by atomic mass is 32.2. The van der Waals surface area contributed by atoms with Crippen LogP contribution >= 0.6 is 11.8 Å². The number of hydrogen-bond acceptors (Lipinski definition) is 4. The van der Waals surface area contributed by atoms with Crippen LogP contribution in [0.5, 0.6) is 0 Å². The Morgan fingerprint density at radius 3 is 2.95 bits per heavy atom. The maximum atomic E-state index is 10.8. The van der Waals surface area contributed by atoms with Crippen LogP contribution in [0.25, 0.3) is 11.0 Å². The molecular formula is C14H17NO3S. The van der Waals surface area contributed by atoms with Crippen LogP contribution in [0.1, 0.15) is 23.0 Å². The van der Waals surface area contributed by atoms with Crippen LogP contribution in [-0.2, 0) is 6.54 Å². The molecule has 1 atom stereocenters. The molecule has 4 nitrogen and oxygen atoms in total. The van der Waals surface area contributed by atoms with Crippen LogP contribution in [0.4, 0.5) is 0 Å². The highest BCUT2D eigenvalue weighted by molar-refractivity contribution is 7.99. The van der Waals surface area contributed by atoms with E-state index in [2.05, 4.69) is 18.5 Å². The summed E-state index contributed by atoms with van der Waals surface area (Å²) >= 11 is 1.83. The highest BCUT2D eigenvalue weighted by Gasteiger charge is 2.10. The molecule has 5 heteroatoms. The lowest BCUT2D eigenvalue weighted by atomic mass is 10.1. The third-order valence-electron chi connectivity index (χ3n) is 2.95. The van der Waals surface area contributed by atoms with Crippen LogP contribution in [0.3, 0.4) is 0 Å². The molecule has 1 aromatic heterocycles. The van der Waals surface area contributed by atoms with Gasteiger partial charge in [-0.05, 0) is 30.0 Å². The molecule has 0 spiro atoms. The van der Waals surface area contributed by atoms with Gasteiger partial charge in [-0.1, -0.05) is 13.0 Å². The molecule has 0 saturated carbocycles. The van der Waals surface area contributed by atoms with E-state index in [1.165, 1.54) is 0 Å². The first-order chi connectivity index (χ1) is 9.10. The number of nitrogens with one attached hydrogen (secondary N) is 1. The fourth-order valence-corrected chi connectivity index (χ4v) is 2.10. The smallest absolute Gasteiger partial charge is 0.371 e. The minimum absolute atomic E-state index is 0.0175. The zero-order chi connectivity index (χ0) is 13.8. The van der Waals surface area contributed by atoms with Gasteiger partial charge >= 0.3 is 5.97 Å². The van der Waals surface area contributed by atoms with E-state index in [1.54, 1.807) is 6.07 Å². The standard InChI is InChI=1S/C14H17NO3S/c1-9(19-2)7-15-8-10-3-4-12-11(5-10)6-13(18-12)14(16)17/h3-6,9,15H,7-8H2,1-2H3,(H,16,17). The summed E-state index contributed by atoms with van der Waals surface area (Å²) in [6, 6.07) is 7.29. The monoisotopic (exact) mass is 279 g/mol. The fourth-order valence-electron chi connectivity index (χ4n) is 1.81. The van der Waals surface area contributed by atoms with Crippen molar-refractivity contribution in [2.45, 2.75) is 18.7 Å². The van der Waals surface area contributed by atoms with Gasteiger partial charge in [0, 0.05) is 23.7 Å². The summed E-state index contributed by atoms with van der Waals surface area (Å²) < 4.78 is 5.22. The predicted octanol–water partition coefficient (Wildman–Crippen LogP) is 2.97. The van der Waals surface area contributed by atoms with Crippen LogP contribution in [0, 0.1) is 0 Å². The molecule has 2 rings (SSSR count). The lowest BCUT2D eigenvalue weighted by Gasteiger charge is -2.09. The highest BCUT2D eigenvalue weighted by Crippen LogP contribution is 2.20. The van der Waals surface area contributed by atoms with Crippen molar-refractivity contribution < 1.29 is 14.3 Å². The van der Waals surface area contributed by atoms with Crippen LogP contribution in [0.15, 0.2) is 28.7 Å². The zero-order valence-electron chi connectivity index (χ0n) is 11.0. The second kappa shape index (κ2) is 6.12. The molecule has 19 heavy (non-hydrogen) atoms. The molecule has 0 amide bonds. The molecule has 1 heterocycles. The molecule has 2 aromatic rings. The van der Waals surface area contributed by atoms with Gasteiger partial charge in [-0.3, -0.25) is 0 Å². The van der Waals surface area contributed by atoms with Gasteiger partial charge in [-0.2, -0.15) is 11.8 Å². The Labute approximate surface area is 116 Å². The Morgan fingerprint density at radius 2 is 2.26 bits per heavy atom. The van der Waals surface area contributed by atoms with Crippen LogP contribution in [-0.4, -0.2) is 29.1 Å². The topological polar surface area (TPSA) is 62.5 Å². The first-order valence-corrected chi connectivity index (χ1v) is 7.38. The van der Waals surface area contributed by atoms with Crippen molar-refractivity contribution in [3.8, 4) is 0 Å². The minimum atomic E-state index is -1.04. The van der Waals surface area contributed by atoms with Crippen molar-refractivity contribution in [3.05, 3.63) is 35.6 Å². The molecule has 0 radical (unpaired) electrons. The van der Waals surface area contributed by atoms with E-state index in [1.807, 2.05) is 30.0 Å². The Hall–Kier alpha value is -1.46. The number of carboxylic acids is 1. The summed E-state index contributed by atoms with van der Waals surface area (Å²) in [4.78, 5) is 10.8. The second-order valence-corrected chi connectivity index (χ2v) is 5.74. The molecule has 0 bridgehead atoms. The van der Waals surface area contributed by atoms with E-state index in [9.17, 15) is 4.79 Å². The van der Waals surface area contributed by atoms with Gasteiger partial charge in [0.2, 0.25) is 5.76 Å². The first-order valence-electron chi connectivity index (χ1n) is 6.09. The van der Waals surface area contributed by atoms with E-state index < -0.39 is 5.97 Å². The fraction of sp³-hybridized carbons (Fsp3) is 0.357. The third-order valence-corrected chi connectivity index (χ3v) is 3.93. The number of carboxylic acid groups (broad SMARTS) is 1. The molecule has 0 aliphatic heterocycles. The average molecular weight is 279 g/mol. The minimum Gasteiger partial charge on any atom is -0.475 e. The summed E-state index contributed by atoms with van der Waals surface area (Å²) in [5.74, 6) is -1.05. The van der Waals surface area contributed by atoms with Gasteiger partial charge in [0.15, 0.2) is 0 Å². The number of fused-ring (bicyclic) bond motifs is 1. The quantitative estimate of drug-likeness (QED) is 0.851. The summed E-state index contributed by atoms with van der Waals surface area (Å²) in [6.07, 6.45) is 2.09. The molecule has 0 saturated heterocycles. The van der Waals surface area contributed by atoms with Gasteiger partial charge < -0.3 is 14.8 Å². The summed E-state index contributed by atoms with van der Waals surface area (Å²) in [5.41, 5.74) is 1.73. The van der Waals surface area contributed by atoms with Gasteiger partial charge in [-0.25, -0.2) is 4.79 Å². The predicted molar refractivity (Wildman–Crippen MR) is 77.9 cm³/mol. The van der Waals surface area contributed by atoms with Crippen LogP contribution in [0.2, 0.25) is 0 Å². The molecule has 1 unspecified atom stereocenters. The number of rotatable bonds is 6. The number of carbonyl (C=O) groups is 1. The van der Waals surface area contributed by atoms with Crippen molar-refractivity contribution in [3.63, 3.8) is 0 Å². The van der Waals surface area contributed by atoms with Crippen LogP contribution < -0.4 is 5.32 Å². The maximum Gasteiger partial charge on any atom is 0.371 e. The van der Waals surface area contributed by atoms with E-state index in [-0.39, 0.29) is 5.76 Å². The summed E-state index contributed by atoms with van der Waals surface area (Å²) in [5, 5.41) is 13.7. The van der Waals surface area contributed by atoms with E-state index in [0.717, 1.165) is 24.0 Å². The van der Waals surface area contributed by atoms with Crippen molar-refractivity contribution in [2.24, 2.45) is 0 Å². The van der Waals surface area contributed by atoms with Gasteiger partial charge in [0.1, 0.15) is 5.58 Å². The molecule has 2 N–H and O–H groups in total. The maximum absolute atomic E-state index is 10.8. The molecule has 0 fully saturated rings. The lowest BCUT2D eigenvalue weighted by Crippen LogP contribution is -2.21. The Bertz CT molecular complexity index is 579. The number of benzene rings is 1. The normalized spacial score (nSPS) is 12.7. The van der Waals surface area contributed by atoms with Crippen molar-refractivity contribution in [2.75, 3.05) is 12.8 Å². The SMILES string of the molecule is CSC(C)CNCc1ccc2oc(C(=O)O)cc2c1. The van der Waals surface area contributed by atoms with Gasteiger partial charge in [0.25, 0.3) is 0 Å². The van der Waals surface area contributed by atoms with Crippen molar-refractivity contribution >= 4 is 28.7 Å². The Balaban J connectivity index is 2.06. The number of aromatic carboxylic acids is 1. The molecular weight excluding hydrogens is 262 g/mol. The number of hydrogen-bond donors (Lipinski definition) is 2. The third kappa shape index (κ3) is 3.52. The lowest BCUT2D eigenvalue weighted by molar-refractivity contribution is 0.0665. The van der Waals surface area contributed by atoms with Crippen molar-refractivity contribution in [1.29, 1.82) is 0 Å². The van der Waals surface area contributed by atoms with E-state index in [4.69, 9.17) is 9.52 Å².